The van der Waals surface area contributed by atoms with Crippen LogP contribution in [0.5, 0.6) is 0 Å². The van der Waals surface area contributed by atoms with Crippen LogP contribution < -0.4 is 0 Å². The van der Waals surface area contributed by atoms with Crippen LogP contribution in [0.25, 0.3) is 0 Å². The van der Waals surface area contributed by atoms with Crippen molar-refractivity contribution >= 4 is 0 Å². The molecule has 0 aliphatic carbocycles. The number of allylic oxidation sites excluding steroid dienone is 1. The fourth-order valence-electron chi connectivity index (χ4n) is 1.41. The monoisotopic (exact) mass is 171 g/mol. The minimum Gasteiger partial charge on any atom is -0.390 e. The number of rotatable bonds is 2. The van der Waals surface area contributed by atoms with E-state index in [1.54, 1.807) is 0 Å². The van der Waals surface area contributed by atoms with Crippen LogP contribution in [0.4, 0.5) is 0 Å². The molecule has 1 rings (SSSR count). The van der Waals surface area contributed by atoms with E-state index in [2.05, 4.69) is 11.0 Å². The fraction of sp³-hybridized carbons (Fsp3) is 0.778. The molecular weight excluding hydrogens is 154 g/mol. The van der Waals surface area contributed by atoms with Crippen LogP contribution >= 0.6 is 0 Å². The molecule has 1 aliphatic heterocycles. The van der Waals surface area contributed by atoms with Gasteiger partial charge in [-0.15, -0.1) is 0 Å². The largest absolute Gasteiger partial charge is 0.390 e. The van der Waals surface area contributed by atoms with Gasteiger partial charge in [-0.25, -0.2) is 0 Å². The smallest absolute Gasteiger partial charge is 0.0926 e. The summed E-state index contributed by atoms with van der Waals surface area (Å²) < 4.78 is 0. The van der Waals surface area contributed by atoms with E-state index >= 15 is 0 Å². The van der Waals surface area contributed by atoms with Crippen LogP contribution in [-0.2, 0) is 0 Å². The molecule has 2 atom stereocenters. The van der Waals surface area contributed by atoms with Crippen molar-refractivity contribution in [3.05, 3.63) is 12.2 Å². The maximum atomic E-state index is 9.33. The van der Waals surface area contributed by atoms with Gasteiger partial charge in [-0.05, 0) is 13.3 Å². The number of aliphatic hydroxyl groups is 2. The SMILES string of the molecule is C/C=C/CN1CC[C@@H](O)[C@@H](O)C1. The molecule has 0 aromatic rings. The van der Waals surface area contributed by atoms with Crippen molar-refractivity contribution in [2.45, 2.75) is 25.6 Å². The van der Waals surface area contributed by atoms with Crippen molar-refractivity contribution in [1.82, 2.24) is 4.90 Å². The Morgan fingerprint density at radius 3 is 2.75 bits per heavy atom. The Kier molecular flexibility index (Phi) is 3.72. The fourth-order valence-corrected chi connectivity index (χ4v) is 1.41. The van der Waals surface area contributed by atoms with Crippen LogP contribution in [0.2, 0.25) is 0 Å². The second-order valence-corrected chi connectivity index (χ2v) is 3.25. The van der Waals surface area contributed by atoms with Crippen molar-refractivity contribution in [2.75, 3.05) is 19.6 Å². The molecule has 0 saturated carbocycles. The first-order valence-corrected chi connectivity index (χ1v) is 4.43. The predicted octanol–water partition coefficient (Wildman–Crippen LogP) is -0.01000. The first-order valence-electron chi connectivity index (χ1n) is 4.43. The zero-order valence-electron chi connectivity index (χ0n) is 7.48. The molecule has 2 N–H and O–H groups in total. The molecule has 3 nitrogen and oxygen atoms in total. The average Bonchev–Trinajstić information content (AvgIpc) is 2.07. The lowest BCUT2D eigenvalue weighted by Crippen LogP contribution is -2.46. The molecule has 3 heteroatoms. The summed E-state index contributed by atoms with van der Waals surface area (Å²) in [7, 11) is 0. The third-order valence-corrected chi connectivity index (χ3v) is 2.23. The summed E-state index contributed by atoms with van der Waals surface area (Å²) in [5.74, 6) is 0. The number of β-amino-alcohol motifs (C(OH)–C–C–N with tert-alkyl or cyclic N) is 1. The lowest BCUT2D eigenvalue weighted by molar-refractivity contribution is -0.0354. The topological polar surface area (TPSA) is 43.7 Å². The molecular formula is C9H17NO2. The molecule has 70 valence electrons. The van der Waals surface area contributed by atoms with Gasteiger partial charge in [0.1, 0.15) is 0 Å². The third kappa shape index (κ3) is 2.59. The molecule has 0 radical (unpaired) electrons. The van der Waals surface area contributed by atoms with Crippen molar-refractivity contribution in [3.8, 4) is 0 Å². The minimum atomic E-state index is -0.566. The summed E-state index contributed by atoms with van der Waals surface area (Å²) >= 11 is 0. The van der Waals surface area contributed by atoms with Crippen molar-refractivity contribution in [1.29, 1.82) is 0 Å². The van der Waals surface area contributed by atoms with E-state index in [0.29, 0.717) is 13.0 Å². The maximum absolute atomic E-state index is 9.33. The molecule has 1 heterocycles. The molecule has 0 aromatic heterocycles. The summed E-state index contributed by atoms with van der Waals surface area (Å²) in [5, 5.41) is 18.6. The second-order valence-electron chi connectivity index (χ2n) is 3.25. The Balaban J connectivity index is 2.30. The summed E-state index contributed by atoms with van der Waals surface area (Å²) in [6.45, 7) is 4.32. The van der Waals surface area contributed by atoms with Crippen molar-refractivity contribution < 1.29 is 10.2 Å². The number of hydrogen-bond acceptors (Lipinski definition) is 3. The lowest BCUT2D eigenvalue weighted by Gasteiger charge is -2.32. The maximum Gasteiger partial charge on any atom is 0.0926 e. The third-order valence-electron chi connectivity index (χ3n) is 2.23. The summed E-state index contributed by atoms with van der Waals surface area (Å²) in [4.78, 5) is 2.14. The minimum absolute atomic E-state index is 0.521. The summed E-state index contributed by atoms with van der Waals surface area (Å²) in [6, 6.07) is 0. The average molecular weight is 171 g/mol. The quantitative estimate of drug-likeness (QED) is 0.574. The predicted molar refractivity (Wildman–Crippen MR) is 47.9 cm³/mol. The van der Waals surface area contributed by atoms with E-state index in [9.17, 15) is 10.2 Å². The van der Waals surface area contributed by atoms with Crippen molar-refractivity contribution in [2.24, 2.45) is 0 Å². The van der Waals surface area contributed by atoms with Gasteiger partial charge in [-0.1, -0.05) is 12.2 Å². The van der Waals surface area contributed by atoms with Gasteiger partial charge in [-0.3, -0.25) is 4.90 Å². The standard InChI is InChI=1S/C9H17NO2/c1-2-3-5-10-6-4-8(11)9(12)7-10/h2-3,8-9,11-12H,4-7H2,1H3/b3-2+/t8-,9+/m1/s1. The van der Waals surface area contributed by atoms with Gasteiger partial charge in [0.05, 0.1) is 12.2 Å². The van der Waals surface area contributed by atoms with Gasteiger partial charge in [0, 0.05) is 19.6 Å². The first kappa shape index (κ1) is 9.71. The van der Waals surface area contributed by atoms with Crippen LogP contribution in [0.1, 0.15) is 13.3 Å². The van der Waals surface area contributed by atoms with Gasteiger partial charge in [0.25, 0.3) is 0 Å². The Labute approximate surface area is 73.3 Å². The number of nitrogens with zero attached hydrogens (tertiary/aromatic N) is 1. The van der Waals surface area contributed by atoms with E-state index in [1.165, 1.54) is 0 Å². The van der Waals surface area contributed by atoms with Crippen LogP contribution in [0.15, 0.2) is 12.2 Å². The number of hydrogen-bond donors (Lipinski definition) is 2. The van der Waals surface area contributed by atoms with Crippen LogP contribution in [-0.4, -0.2) is 47.0 Å². The van der Waals surface area contributed by atoms with Gasteiger partial charge < -0.3 is 10.2 Å². The van der Waals surface area contributed by atoms with E-state index in [0.717, 1.165) is 13.1 Å². The van der Waals surface area contributed by atoms with Gasteiger partial charge in [0.15, 0.2) is 0 Å². The van der Waals surface area contributed by atoms with Crippen LogP contribution in [0.3, 0.4) is 0 Å². The van der Waals surface area contributed by atoms with Crippen molar-refractivity contribution in [3.63, 3.8) is 0 Å². The van der Waals surface area contributed by atoms with Crippen LogP contribution in [0, 0.1) is 0 Å². The molecule has 0 amide bonds. The highest BCUT2D eigenvalue weighted by atomic mass is 16.3. The zero-order chi connectivity index (χ0) is 8.97. The molecule has 12 heavy (non-hydrogen) atoms. The summed E-state index contributed by atoms with van der Waals surface area (Å²) in [5.41, 5.74) is 0. The highest BCUT2D eigenvalue weighted by Crippen LogP contribution is 2.10. The van der Waals surface area contributed by atoms with E-state index in [-0.39, 0.29) is 0 Å². The van der Waals surface area contributed by atoms with E-state index in [1.807, 2.05) is 13.0 Å². The molecule has 0 aromatic carbocycles. The second kappa shape index (κ2) is 4.60. The number of piperidine rings is 1. The van der Waals surface area contributed by atoms with E-state index < -0.39 is 12.2 Å². The molecule has 0 spiro atoms. The Bertz CT molecular complexity index is 159. The Morgan fingerprint density at radius 2 is 2.17 bits per heavy atom. The molecule has 1 fully saturated rings. The highest BCUT2D eigenvalue weighted by molar-refractivity contribution is 4.86. The summed E-state index contributed by atoms with van der Waals surface area (Å²) in [6.07, 6.45) is 3.65. The zero-order valence-corrected chi connectivity index (χ0v) is 7.48. The number of likely N-dealkylation sites (tertiary alicyclic amines) is 1. The Hall–Kier alpha value is -0.380. The molecule has 0 unspecified atom stereocenters. The van der Waals surface area contributed by atoms with Gasteiger partial charge in [0.2, 0.25) is 0 Å². The molecule has 0 bridgehead atoms. The number of aliphatic hydroxyl groups excluding tert-OH is 2. The van der Waals surface area contributed by atoms with Gasteiger partial charge >= 0.3 is 0 Å². The Morgan fingerprint density at radius 1 is 1.42 bits per heavy atom. The normalized spacial score (nSPS) is 32.9. The first-order chi connectivity index (χ1) is 5.74. The molecule has 1 aliphatic rings. The lowest BCUT2D eigenvalue weighted by atomic mass is 10.1. The highest BCUT2D eigenvalue weighted by Gasteiger charge is 2.24. The molecule has 1 saturated heterocycles. The van der Waals surface area contributed by atoms with Gasteiger partial charge in [-0.2, -0.15) is 0 Å². The van der Waals surface area contributed by atoms with E-state index in [4.69, 9.17) is 0 Å².